The third kappa shape index (κ3) is 3.79. The van der Waals surface area contributed by atoms with Crippen molar-refractivity contribution in [1.29, 1.82) is 0 Å². The lowest BCUT2D eigenvalue weighted by molar-refractivity contribution is 0.176. The second kappa shape index (κ2) is 7.84. The molecule has 2 nitrogen and oxygen atoms in total. The molecule has 3 atom stereocenters. The standard InChI is InChI=1S/C19H31NO/c1-5-15-9-7-8-10-17(15)19(20-6-2)16-12-11-14(3)18(13-16)21-4/h11-13,15,17,19-20H,5-10H2,1-4H3. The molecule has 1 N–H and O–H groups in total. The Morgan fingerprint density at radius 1 is 1.24 bits per heavy atom. The molecule has 0 bridgehead atoms. The first-order chi connectivity index (χ1) is 10.2. The summed E-state index contributed by atoms with van der Waals surface area (Å²) in [6, 6.07) is 7.19. The van der Waals surface area contributed by atoms with Gasteiger partial charge in [0.25, 0.3) is 0 Å². The summed E-state index contributed by atoms with van der Waals surface area (Å²) < 4.78 is 5.53. The Bertz CT molecular complexity index is 443. The smallest absolute Gasteiger partial charge is 0.122 e. The minimum absolute atomic E-state index is 0.467. The van der Waals surface area contributed by atoms with Crippen LogP contribution in [0, 0.1) is 18.8 Å². The minimum atomic E-state index is 0.467. The van der Waals surface area contributed by atoms with Crippen LogP contribution < -0.4 is 10.1 Å². The molecular formula is C19H31NO. The average Bonchev–Trinajstić information content (AvgIpc) is 2.53. The summed E-state index contributed by atoms with van der Waals surface area (Å²) >= 11 is 0. The van der Waals surface area contributed by atoms with Crippen LogP contribution in [0.4, 0.5) is 0 Å². The van der Waals surface area contributed by atoms with E-state index in [-0.39, 0.29) is 0 Å². The predicted molar refractivity (Wildman–Crippen MR) is 89.9 cm³/mol. The van der Waals surface area contributed by atoms with Gasteiger partial charge in [-0.05, 0) is 48.9 Å². The van der Waals surface area contributed by atoms with E-state index in [0.717, 1.165) is 24.1 Å². The lowest BCUT2D eigenvalue weighted by Crippen LogP contribution is -2.34. The highest BCUT2D eigenvalue weighted by Crippen LogP contribution is 2.41. The van der Waals surface area contributed by atoms with Crippen LogP contribution in [0.15, 0.2) is 18.2 Å². The second-order valence-electron chi connectivity index (χ2n) is 6.38. The van der Waals surface area contributed by atoms with Crippen LogP contribution in [0.5, 0.6) is 5.75 Å². The fourth-order valence-corrected chi connectivity index (χ4v) is 3.95. The van der Waals surface area contributed by atoms with Gasteiger partial charge in [-0.1, -0.05) is 51.7 Å². The van der Waals surface area contributed by atoms with Gasteiger partial charge in [0.2, 0.25) is 0 Å². The summed E-state index contributed by atoms with van der Waals surface area (Å²) in [7, 11) is 1.77. The van der Waals surface area contributed by atoms with Crippen molar-refractivity contribution in [2.24, 2.45) is 11.8 Å². The molecule has 1 saturated carbocycles. The van der Waals surface area contributed by atoms with Gasteiger partial charge in [0.05, 0.1) is 7.11 Å². The van der Waals surface area contributed by atoms with E-state index in [1.807, 2.05) is 0 Å². The summed E-state index contributed by atoms with van der Waals surface area (Å²) in [6.07, 6.45) is 6.84. The molecule has 1 aromatic carbocycles. The van der Waals surface area contributed by atoms with Gasteiger partial charge in [-0.25, -0.2) is 0 Å². The molecular weight excluding hydrogens is 258 g/mol. The fraction of sp³-hybridized carbons (Fsp3) is 0.684. The lowest BCUT2D eigenvalue weighted by Gasteiger charge is -2.37. The van der Waals surface area contributed by atoms with E-state index in [1.165, 1.54) is 43.2 Å². The van der Waals surface area contributed by atoms with E-state index >= 15 is 0 Å². The number of benzene rings is 1. The summed E-state index contributed by atoms with van der Waals surface area (Å²) in [5.74, 6) is 2.63. The van der Waals surface area contributed by atoms with Gasteiger partial charge in [0.1, 0.15) is 5.75 Å². The Balaban J connectivity index is 2.28. The molecule has 2 rings (SSSR count). The Kier molecular flexibility index (Phi) is 6.10. The fourth-order valence-electron chi connectivity index (χ4n) is 3.95. The van der Waals surface area contributed by atoms with Crippen LogP contribution in [0.3, 0.4) is 0 Å². The number of methoxy groups -OCH3 is 1. The molecule has 2 heteroatoms. The summed E-state index contributed by atoms with van der Waals surface area (Å²) in [5.41, 5.74) is 2.61. The van der Waals surface area contributed by atoms with Crippen LogP contribution in [0.2, 0.25) is 0 Å². The monoisotopic (exact) mass is 289 g/mol. The first-order valence-electron chi connectivity index (χ1n) is 8.59. The molecule has 0 radical (unpaired) electrons. The Labute approximate surface area is 130 Å². The molecule has 0 saturated heterocycles. The van der Waals surface area contributed by atoms with E-state index in [0.29, 0.717) is 6.04 Å². The number of ether oxygens (including phenoxy) is 1. The van der Waals surface area contributed by atoms with Crippen molar-refractivity contribution in [3.63, 3.8) is 0 Å². The molecule has 1 aliphatic rings. The van der Waals surface area contributed by atoms with Crippen molar-refractivity contribution >= 4 is 0 Å². The zero-order valence-corrected chi connectivity index (χ0v) is 14.1. The first kappa shape index (κ1) is 16.4. The normalized spacial score (nSPS) is 23.8. The number of nitrogens with one attached hydrogen (secondary N) is 1. The van der Waals surface area contributed by atoms with Gasteiger partial charge in [0.15, 0.2) is 0 Å². The van der Waals surface area contributed by atoms with Gasteiger partial charge in [-0.15, -0.1) is 0 Å². The molecule has 3 unspecified atom stereocenters. The summed E-state index contributed by atoms with van der Waals surface area (Å²) in [5, 5.41) is 3.75. The van der Waals surface area contributed by atoms with E-state index in [1.54, 1.807) is 7.11 Å². The van der Waals surface area contributed by atoms with Crippen LogP contribution >= 0.6 is 0 Å². The van der Waals surface area contributed by atoms with Crippen molar-refractivity contribution in [2.75, 3.05) is 13.7 Å². The Morgan fingerprint density at radius 3 is 2.67 bits per heavy atom. The van der Waals surface area contributed by atoms with Crippen molar-refractivity contribution in [3.8, 4) is 5.75 Å². The number of rotatable bonds is 6. The molecule has 1 aromatic rings. The highest BCUT2D eigenvalue weighted by molar-refractivity contribution is 5.38. The van der Waals surface area contributed by atoms with Crippen molar-refractivity contribution < 1.29 is 4.74 Å². The van der Waals surface area contributed by atoms with Crippen LogP contribution in [0.1, 0.15) is 63.1 Å². The second-order valence-corrected chi connectivity index (χ2v) is 6.38. The third-order valence-corrected chi connectivity index (χ3v) is 5.14. The maximum atomic E-state index is 5.53. The molecule has 21 heavy (non-hydrogen) atoms. The molecule has 0 amide bonds. The molecule has 0 heterocycles. The number of hydrogen-bond donors (Lipinski definition) is 1. The van der Waals surface area contributed by atoms with Crippen LogP contribution in [-0.4, -0.2) is 13.7 Å². The third-order valence-electron chi connectivity index (χ3n) is 5.14. The molecule has 1 fully saturated rings. The zero-order valence-electron chi connectivity index (χ0n) is 14.1. The van der Waals surface area contributed by atoms with E-state index < -0.39 is 0 Å². The van der Waals surface area contributed by atoms with Gasteiger partial charge >= 0.3 is 0 Å². The average molecular weight is 289 g/mol. The van der Waals surface area contributed by atoms with Crippen molar-refractivity contribution in [3.05, 3.63) is 29.3 Å². The van der Waals surface area contributed by atoms with E-state index in [2.05, 4.69) is 44.3 Å². The van der Waals surface area contributed by atoms with E-state index in [4.69, 9.17) is 4.74 Å². The lowest BCUT2D eigenvalue weighted by atomic mass is 9.72. The van der Waals surface area contributed by atoms with Gasteiger partial charge in [-0.2, -0.15) is 0 Å². The topological polar surface area (TPSA) is 21.3 Å². The Morgan fingerprint density at radius 2 is 2.00 bits per heavy atom. The maximum Gasteiger partial charge on any atom is 0.122 e. The molecule has 0 spiro atoms. The van der Waals surface area contributed by atoms with E-state index in [9.17, 15) is 0 Å². The largest absolute Gasteiger partial charge is 0.496 e. The van der Waals surface area contributed by atoms with Crippen LogP contribution in [0.25, 0.3) is 0 Å². The quantitative estimate of drug-likeness (QED) is 0.806. The molecule has 1 aliphatic carbocycles. The van der Waals surface area contributed by atoms with Crippen LogP contribution in [-0.2, 0) is 0 Å². The SMILES string of the molecule is CCNC(c1ccc(C)c(OC)c1)C1CCCCC1CC. The Hall–Kier alpha value is -1.02. The molecule has 0 aliphatic heterocycles. The maximum absolute atomic E-state index is 5.53. The van der Waals surface area contributed by atoms with Crippen molar-refractivity contribution in [2.45, 2.75) is 58.9 Å². The zero-order chi connectivity index (χ0) is 15.2. The van der Waals surface area contributed by atoms with Gasteiger partial charge in [-0.3, -0.25) is 0 Å². The highest BCUT2D eigenvalue weighted by atomic mass is 16.5. The number of aryl methyl sites for hydroxylation is 1. The summed E-state index contributed by atoms with van der Waals surface area (Å²) in [4.78, 5) is 0. The van der Waals surface area contributed by atoms with Crippen molar-refractivity contribution in [1.82, 2.24) is 5.32 Å². The van der Waals surface area contributed by atoms with Gasteiger partial charge in [0, 0.05) is 6.04 Å². The minimum Gasteiger partial charge on any atom is -0.496 e. The number of hydrogen-bond acceptors (Lipinski definition) is 2. The first-order valence-corrected chi connectivity index (χ1v) is 8.59. The molecule has 118 valence electrons. The highest BCUT2D eigenvalue weighted by Gasteiger charge is 2.31. The molecule has 0 aromatic heterocycles. The summed E-state index contributed by atoms with van der Waals surface area (Å²) in [6.45, 7) is 7.69. The van der Waals surface area contributed by atoms with Gasteiger partial charge < -0.3 is 10.1 Å². The predicted octanol–water partition coefficient (Wildman–Crippen LogP) is 4.87.